The van der Waals surface area contributed by atoms with E-state index >= 15 is 0 Å². The third-order valence-electron chi connectivity index (χ3n) is 4.25. The zero-order valence-electron chi connectivity index (χ0n) is 15.7. The number of aromatic nitrogens is 3. The van der Waals surface area contributed by atoms with Crippen LogP contribution in [0.4, 0.5) is 5.69 Å². The van der Waals surface area contributed by atoms with Crippen molar-refractivity contribution in [3.05, 3.63) is 80.8 Å². The zero-order chi connectivity index (χ0) is 21.7. The third-order valence-corrected chi connectivity index (χ3v) is 4.75. The Morgan fingerprint density at radius 2 is 2.10 bits per heavy atom. The lowest BCUT2D eigenvalue weighted by atomic mass is 10.0. The van der Waals surface area contributed by atoms with E-state index < -0.39 is 22.8 Å². The first kappa shape index (κ1) is 21.1. The lowest BCUT2D eigenvalue weighted by molar-refractivity contribution is -0.384. The van der Waals surface area contributed by atoms with Gasteiger partial charge in [0.2, 0.25) is 0 Å². The highest BCUT2D eigenvalue weighted by molar-refractivity contribution is 9.10. The first-order valence-corrected chi connectivity index (χ1v) is 9.45. The van der Waals surface area contributed by atoms with E-state index in [-0.39, 0.29) is 23.4 Å². The number of nitrogens with one attached hydrogen (secondary N) is 1. The smallest absolute Gasteiger partial charge is 0.307 e. The number of benzene rings is 2. The minimum atomic E-state index is -0.684. The number of esters is 1. The van der Waals surface area contributed by atoms with Gasteiger partial charge < -0.3 is 10.1 Å². The van der Waals surface area contributed by atoms with Crippen molar-refractivity contribution in [2.75, 3.05) is 7.11 Å². The molecule has 1 amide bonds. The lowest BCUT2D eigenvalue weighted by Crippen LogP contribution is -2.30. The second-order valence-electron chi connectivity index (χ2n) is 6.16. The van der Waals surface area contributed by atoms with Crippen LogP contribution < -0.4 is 5.32 Å². The zero-order valence-corrected chi connectivity index (χ0v) is 17.3. The number of carbonyl (C=O) groups excluding carboxylic acids is 2. The normalized spacial score (nSPS) is 11.5. The molecule has 1 unspecified atom stereocenters. The molecule has 154 valence electrons. The first-order chi connectivity index (χ1) is 14.4. The van der Waals surface area contributed by atoms with Crippen molar-refractivity contribution >= 4 is 33.5 Å². The van der Waals surface area contributed by atoms with Gasteiger partial charge in [0.15, 0.2) is 0 Å². The molecule has 0 aliphatic rings. The number of halogens is 1. The Labute approximate surface area is 179 Å². The number of hydrogen-bond acceptors (Lipinski definition) is 7. The van der Waals surface area contributed by atoms with Crippen molar-refractivity contribution in [3.63, 3.8) is 0 Å². The molecule has 3 aromatic rings. The molecule has 0 fully saturated rings. The Bertz CT molecular complexity index is 1090. The number of carbonyl (C=O) groups is 2. The summed E-state index contributed by atoms with van der Waals surface area (Å²) in [5.74, 6) is -1.08. The summed E-state index contributed by atoms with van der Waals surface area (Å²) in [7, 11) is 1.26. The largest absolute Gasteiger partial charge is 0.469 e. The number of nitro benzene ring substituents is 1. The van der Waals surface area contributed by atoms with Crippen LogP contribution in [-0.2, 0) is 9.53 Å². The van der Waals surface area contributed by atoms with Gasteiger partial charge in [0.25, 0.3) is 11.6 Å². The van der Waals surface area contributed by atoms with Crippen LogP contribution in [0.3, 0.4) is 0 Å². The number of hydrogen-bond donors (Lipinski definition) is 1. The first-order valence-electron chi connectivity index (χ1n) is 8.65. The highest BCUT2D eigenvalue weighted by Gasteiger charge is 2.23. The maximum atomic E-state index is 12.8. The molecule has 0 saturated heterocycles. The fourth-order valence-electron chi connectivity index (χ4n) is 2.80. The summed E-state index contributed by atoms with van der Waals surface area (Å²) in [6, 6.07) is 10.4. The quantitative estimate of drug-likeness (QED) is 0.317. The molecule has 10 nitrogen and oxygen atoms in total. The molecule has 1 atom stereocenters. The number of amides is 1. The van der Waals surface area contributed by atoms with Crippen LogP contribution in [0.5, 0.6) is 0 Å². The number of methoxy groups -OCH3 is 1. The summed E-state index contributed by atoms with van der Waals surface area (Å²) in [5.41, 5.74) is 0.611. The molecule has 0 bridgehead atoms. The van der Waals surface area contributed by atoms with Crippen LogP contribution in [-0.4, -0.2) is 38.7 Å². The van der Waals surface area contributed by atoms with Crippen LogP contribution in [0.2, 0.25) is 0 Å². The van der Waals surface area contributed by atoms with Crippen molar-refractivity contribution in [2.45, 2.75) is 12.5 Å². The molecule has 0 saturated carbocycles. The highest BCUT2D eigenvalue weighted by Crippen LogP contribution is 2.25. The molecule has 1 N–H and O–H groups in total. The summed E-state index contributed by atoms with van der Waals surface area (Å²) in [6.45, 7) is 0. The van der Waals surface area contributed by atoms with Gasteiger partial charge in [-0.2, -0.15) is 5.10 Å². The van der Waals surface area contributed by atoms with E-state index in [1.54, 1.807) is 18.2 Å². The van der Waals surface area contributed by atoms with Gasteiger partial charge in [0.1, 0.15) is 18.3 Å². The predicted molar refractivity (Wildman–Crippen MR) is 109 cm³/mol. The van der Waals surface area contributed by atoms with Crippen molar-refractivity contribution in [1.29, 1.82) is 0 Å². The van der Waals surface area contributed by atoms with Crippen LogP contribution in [0.25, 0.3) is 5.69 Å². The van der Waals surface area contributed by atoms with Gasteiger partial charge in [-0.05, 0) is 29.8 Å². The van der Waals surface area contributed by atoms with Crippen LogP contribution in [0, 0.1) is 10.1 Å². The molecular formula is C19H16BrN5O5. The summed E-state index contributed by atoms with van der Waals surface area (Å²) in [4.78, 5) is 39.3. The van der Waals surface area contributed by atoms with Crippen LogP contribution >= 0.6 is 15.9 Å². The molecule has 0 aliphatic carbocycles. The van der Waals surface area contributed by atoms with Gasteiger partial charge in [-0.3, -0.25) is 19.7 Å². The van der Waals surface area contributed by atoms with Crippen molar-refractivity contribution in [2.24, 2.45) is 0 Å². The monoisotopic (exact) mass is 473 g/mol. The van der Waals surface area contributed by atoms with E-state index in [0.717, 1.165) is 10.5 Å². The molecule has 1 aromatic heterocycles. The molecule has 1 heterocycles. The molecule has 11 heteroatoms. The summed E-state index contributed by atoms with van der Waals surface area (Å²) >= 11 is 3.36. The highest BCUT2D eigenvalue weighted by atomic mass is 79.9. The van der Waals surface area contributed by atoms with Gasteiger partial charge >= 0.3 is 5.97 Å². The topological polar surface area (TPSA) is 129 Å². The van der Waals surface area contributed by atoms with Crippen molar-refractivity contribution in [1.82, 2.24) is 20.1 Å². The summed E-state index contributed by atoms with van der Waals surface area (Å²) < 4.78 is 6.73. The maximum Gasteiger partial charge on any atom is 0.307 e. The van der Waals surface area contributed by atoms with Gasteiger partial charge in [-0.1, -0.05) is 28.1 Å². The molecule has 0 aliphatic heterocycles. The fourth-order valence-corrected chi connectivity index (χ4v) is 3.22. The minimum absolute atomic E-state index is 0.0652. The molecule has 0 radical (unpaired) electrons. The Hall–Kier alpha value is -3.60. The Morgan fingerprint density at radius 1 is 1.30 bits per heavy atom. The summed E-state index contributed by atoms with van der Waals surface area (Å²) in [5, 5.41) is 18.1. The van der Waals surface area contributed by atoms with E-state index in [0.29, 0.717) is 5.56 Å². The van der Waals surface area contributed by atoms with Crippen LogP contribution in [0.1, 0.15) is 28.4 Å². The lowest BCUT2D eigenvalue weighted by Gasteiger charge is -2.19. The average Bonchev–Trinajstić information content (AvgIpc) is 3.27. The second kappa shape index (κ2) is 9.27. The Balaban J connectivity index is 1.91. The van der Waals surface area contributed by atoms with Crippen molar-refractivity contribution in [3.8, 4) is 5.69 Å². The number of ether oxygens (including phenoxy) is 1. The molecule has 2 aromatic carbocycles. The number of rotatable bonds is 7. The molecule has 0 spiro atoms. The van der Waals surface area contributed by atoms with E-state index in [1.807, 2.05) is 6.07 Å². The van der Waals surface area contributed by atoms with E-state index in [2.05, 4.69) is 31.3 Å². The number of nitrogens with zero attached hydrogens (tertiary/aromatic N) is 4. The van der Waals surface area contributed by atoms with E-state index in [9.17, 15) is 19.7 Å². The second-order valence-corrected chi connectivity index (χ2v) is 7.08. The van der Waals surface area contributed by atoms with Crippen molar-refractivity contribution < 1.29 is 19.2 Å². The average molecular weight is 474 g/mol. The Kier molecular flexibility index (Phi) is 6.52. The fraction of sp³-hybridized carbons (Fsp3) is 0.158. The standard InChI is InChI=1S/C19H16BrN5O5/c1-30-18(26)9-15(12-3-2-4-14(20)7-12)23-19(27)13-5-6-16(17(8-13)25(28)29)24-11-21-10-22-24/h2-8,10-11,15H,9H2,1H3,(H,23,27). The minimum Gasteiger partial charge on any atom is -0.469 e. The summed E-state index contributed by atoms with van der Waals surface area (Å²) in [6.07, 6.45) is 2.47. The van der Waals surface area contributed by atoms with Gasteiger partial charge in [0, 0.05) is 16.1 Å². The van der Waals surface area contributed by atoms with Gasteiger partial charge in [-0.15, -0.1) is 0 Å². The number of nitro groups is 1. The van der Waals surface area contributed by atoms with Gasteiger partial charge in [-0.25, -0.2) is 9.67 Å². The van der Waals surface area contributed by atoms with E-state index in [4.69, 9.17) is 4.74 Å². The molecular weight excluding hydrogens is 458 g/mol. The van der Waals surface area contributed by atoms with Gasteiger partial charge in [0.05, 0.1) is 24.5 Å². The Morgan fingerprint density at radius 3 is 2.73 bits per heavy atom. The SMILES string of the molecule is COC(=O)CC(NC(=O)c1ccc(-n2cncn2)c([N+](=O)[O-])c1)c1cccc(Br)c1. The molecule has 3 rings (SSSR count). The third kappa shape index (κ3) is 4.87. The van der Waals surface area contributed by atoms with Crippen LogP contribution in [0.15, 0.2) is 59.6 Å². The molecule has 30 heavy (non-hydrogen) atoms. The maximum absolute atomic E-state index is 12.8. The van der Waals surface area contributed by atoms with E-state index in [1.165, 1.54) is 36.6 Å². The predicted octanol–water partition coefficient (Wildman–Crippen LogP) is 2.97.